The third-order valence-electron chi connectivity index (χ3n) is 7.23. The molecule has 0 saturated carbocycles. The zero-order chi connectivity index (χ0) is 29.7. The van der Waals surface area contributed by atoms with Crippen molar-refractivity contribution in [2.24, 2.45) is 5.92 Å². The first-order valence-electron chi connectivity index (χ1n) is 14.4. The van der Waals surface area contributed by atoms with Gasteiger partial charge in [-0.3, -0.25) is 4.79 Å². The van der Waals surface area contributed by atoms with Crippen LogP contribution in [0, 0.1) is 5.92 Å². The normalized spacial score (nSPS) is 22.7. The third-order valence-corrected chi connectivity index (χ3v) is 7.23. The van der Waals surface area contributed by atoms with Crippen molar-refractivity contribution in [3.63, 3.8) is 0 Å². The first-order chi connectivity index (χ1) is 20.5. The van der Waals surface area contributed by atoms with Gasteiger partial charge in [-0.1, -0.05) is 99.1 Å². The summed E-state index contributed by atoms with van der Waals surface area (Å²) < 4.78 is 36.4. The fraction of sp³-hybridized carbons (Fsp3) is 0.412. The molecule has 4 rings (SSSR count). The first-order valence-corrected chi connectivity index (χ1v) is 14.4. The van der Waals surface area contributed by atoms with Gasteiger partial charge in [-0.25, -0.2) is 4.79 Å². The average Bonchev–Trinajstić information content (AvgIpc) is 3.02. The van der Waals surface area contributed by atoms with Crippen molar-refractivity contribution in [1.29, 1.82) is 0 Å². The maximum Gasteiger partial charge on any atom is 0.338 e. The second-order valence-corrected chi connectivity index (χ2v) is 10.4. The largest absolute Gasteiger partial charge is 0.455 e. The van der Waals surface area contributed by atoms with Gasteiger partial charge in [0.1, 0.15) is 12.2 Å². The number of carbonyl (C=O) groups is 2. The van der Waals surface area contributed by atoms with Crippen molar-refractivity contribution in [2.45, 2.75) is 70.6 Å². The molecule has 0 unspecified atom stereocenters. The monoisotopic (exact) mass is 576 g/mol. The third kappa shape index (κ3) is 8.97. The van der Waals surface area contributed by atoms with E-state index in [0.717, 1.165) is 17.5 Å². The van der Waals surface area contributed by atoms with Crippen LogP contribution in [-0.2, 0) is 46.4 Å². The Balaban J connectivity index is 1.62. The van der Waals surface area contributed by atoms with E-state index in [1.54, 1.807) is 24.3 Å². The van der Waals surface area contributed by atoms with Gasteiger partial charge >= 0.3 is 11.9 Å². The molecule has 1 aliphatic heterocycles. The fourth-order valence-corrected chi connectivity index (χ4v) is 4.69. The number of hydrogen-bond acceptors (Lipinski definition) is 8. The Bertz CT molecular complexity index is 1220. The minimum atomic E-state index is -1.09. The van der Waals surface area contributed by atoms with Crippen LogP contribution >= 0.6 is 0 Å². The average molecular weight is 577 g/mol. The Hall–Kier alpha value is -3.56. The molecular weight excluding hydrogens is 536 g/mol. The highest BCUT2D eigenvalue weighted by molar-refractivity contribution is 5.89. The van der Waals surface area contributed by atoms with Gasteiger partial charge in [0, 0.05) is 13.5 Å². The zero-order valence-electron chi connectivity index (χ0n) is 24.4. The molecule has 224 valence electrons. The first kappa shape index (κ1) is 31.4. The minimum Gasteiger partial charge on any atom is -0.455 e. The summed E-state index contributed by atoms with van der Waals surface area (Å²) in [6.07, 6.45) is -3.60. The van der Waals surface area contributed by atoms with Crippen molar-refractivity contribution in [3.8, 4) is 0 Å². The number of esters is 2. The van der Waals surface area contributed by atoms with E-state index < -0.39 is 42.6 Å². The second-order valence-electron chi connectivity index (χ2n) is 10.4. The van der Waals surface area contributed by atoms with Crippen LogP contribution < -0.4 is 0 Å². The summed E-state index contributed by atoms with van der Waals surface area (Å²) in [4.78, 5) is 26.4. The minimum absolute atomic E-state index is 0.120. The van der Waals surface area contributed by atoms with Crippen LogP contribution in [0.25, 0.3) is 0 Å². The van der Waals surface area contributed by atoms with Crippen LogP contribution in [0.3, 0.4) is 0 Å². The lowest BCUT2D eigenvalue weighted by atomic mass is 9.97. The van der Waals surface area contributed by atoms with E-state index in [1.807, 2.05) is 80.6 Å². The standard InChI is InChI=1S/C34H40O8/c1-4-24(2)20-29(35)41-31-30(39-22-26-16-10-6-11-17-26)28(23-38-21-25-14-8-5-9-15-25)40-34(37-3)32(31)42-33(36)27-18-12-7-13-19-27/h5-19,24,28,30-32,34H,4,20-23H2,1-3H3/t24-,28+,30+,31-,32-,34-/m0/s1. The van der Waals surface area contributed by atoms with E-state index >= 15 is 0 Å². The van der Waals surface area contributed by atoms with E-state index in [0.29, 0.717) is 12.2 Å². The van der Waals surface area contributed by atoms with E-state index in [4.69, 9.17) is 28.4 Å². The molecule has 8 heteroatoms. The molecule has 0 aromatic heterocycles. The van der Waals surface area contributed by atoms with Gasteiger partial charge in [-0.2, -0.15) is 0 Å². The summed E-state index contributed by atoms with van der Waals surface area (Å²) in [6.45, 7) is 4.71. The van der Waals surface area contributed by atoms with E-state index in [9.17, 15) is 9.59 Å². The molecule has 3 aromatic carbocycles. The topological polar surface area (TPSA) is 89.5 Å². The molecule has 0 spiro atoms. The molecule has 1 fully saturated rings. The molecule has 0 amide bonds. The number of ether oxygens (including phenoxy) is 6. The van der Waals surface area contributed by atoms with Crippen molar-refractivity contribution in [1.82, 2.24) is 0 Å². The maximum atomic E-state index is 13.2. The molecule has 0 aliphatic carbocycles. The molecule has 8 nitrogen and oxygen atoms in total. The summed E-state index contributed by atoms with van der Waals surface area (Å²) in [6, 6.07) is 28.1. The molecule has 0 radical (unpaired) electrons. The lowest BCUT2D eigenvalue weighted by molar-refractivity contribution is -0.306. The van der Waals surface area contributed by atoms with E-state index in [2.05, 4.69) is 0 Å². The summed E-state index contributed by atoms with van der Waals surface area (Å²) in [5.74, 6) is -0.881. The Morgan fingerprint density at radius 3 is 1.98 bits per heavy atom. The SMILES string of the molecule is CC[C@H](C)CC(=O)O[C@@H]1[C@H](OC(=O)c2ccccc2)[C@@H](OC)O[C@H](COCc2ccccc2)[C@H]1OCc1ccccc1. The summed E-state index contributed by atoms with van der Waals surface area (Å²) in [5.41, 5.74) is 2.29. The Morgan fingerprint density at radius 2 is 1.38 bits per heavy atom. The van der Waals surface area contributed by atoms with Gasteiger partial charge in [0.15, 0.2) is 18.5 Å². The van der Waals surface area contributed by atoms with Crippen molar-refractivity contribution in [2.75, 3.05) is 13.7 Å². The van der Waals surface area contributed by atoms with Crippen LogP contribution in [0.2, 0.25) is 0 Å². The lowest BCUT2D eigenvalue weighted by Gasteiger charge is -2.44. The number of carbonyl (C=O) groups excluding carboxylic acids is 2. The number of hydrogen-bond donors (Lipinski definition) is 0. The quantitative estimate of drug-likeness (QED) is 0.225. The second kappa shape index (κ2) is 16.2. The predicted molar refractivity (Wildman–Crippen MR) is 156 cm³/mol. The molecule has 6 atom stereocenters. The molecule has 3 aromatic rings. The van der Waals surface area contributed by atoms with Crippen LogP contribution in [0.5, 0.6) is 0 Å². The van der Waals surface area contributed by atoms with Crippen LogP contribution in [0.4, 0.5) is 0 Å². The van der Waals surface area contributed by atoms with Crippen LogP contribution in [0.1, 0.15) is 48.2 Å². The van der Waals surface area contributed by atoms with Gasteiger partial charge in [0.25, 0.3) is 0 Å². The molecule has 1 saturated heterocycles. The van der Waals surface area contributed by atoms with Gasteiger partial charge < -0.3 is 28.4 Å². The van der Waals surface area contributed by atoms with Crippen molar-refractivity contribution in [3.05, 3.63) is 108 Å². The number of methoxy groups -OCH3 is 1. The van der Waals surface area contributed by atoms with Gasteiger partial charge in [-0.05, 0) is 29.2 Å². The van der Waals surface area contributed by atoms with Crippen LogP contribution in [0.15, 0.2) is 91.0 Å². The van der Waals surface area contributed by atoms with Crippen molar-refractivity contribution >= 4 is 11.9 Å². The van der Waals surface area contributed by atoms with Crippen LogP contribution in [-0.4, -0.2) is 56.4 Å². The number of rotatable bonds is 14. The highest BCUT2D eigenvalue weighted by Gasteiger charge is 2.51. The lowest BCUT2D eigenvalue weighted by Crippen LogP contribution is -2.62. The molecule has 42 heavy (non-hydrogen) atoms. The Labute approximate surface area is 247 Å². The van der Waals surface area contributed by atoms with Crippen molar-refractivity contribution < 1.29 is 38.0 Å². The molecule has 1 aliphatic rings. The van der Waals surface area contributed by atoms with Gasteiger partial charge in [-0.15, -0.1) is 0 Å². The Morgan fingerprint density at radius 1 is 0.786 bits per heavy atom. The van der Waals surface area contributed by atoms with Gasteiger partial charge in [0.2, 0.25) is 0 Å². The maximum absolute atomic E-state index is 13.2. The summed E-state index contributed by atoms with van der Waals surface area (Å²) >= 11 is 0. The van der Waals surface area contributed by atoms with E-state index in [-0.39, 0.29) is 25.6 Å². The molecule has 0 bridgehead atoms. The molecule has 0 N–H and O–H groups in total. The summed E-state index contributed by atoms with van der Waals surface area (Å²) in [5, 5.41) is 0. The fourth-order valence-electron chi connectivity index (χ4n) is 4.69. The van der Waals surface area contributed by atoms with Gasteiger partial charge in [0.05, 0.1) is 25.4 Å². The smallest absolute Gasteiger partial charge is 0.338 e. The predicted octanol–water partition coefficient (Wildman–Crippen LogP) is 5.73. The zero-order valence-corrected chi connectivity index (χ0v) is 24.4. The van der Waals surface area contributed by atoms with E-state index in [1.165, 1.54) is 7.11 Å². The summed E-state index contributed by atoms with van der Waals surface area (Å²) in [7, 11) is 1.46. The highest BCUT2D eigenvalue weighted by atomic mass is 16.7. The highest BCUT2D eigenvalue weighted by Crippen LogP contribution is 2.31. The number of benzene rings is 3. The molecular formula is C34H40O8. The molecule has 1 heterocycles. The Kier molecular flexibility index (Phi) is 12.1.